The molecule has 2 aromatic rings. The number of benzene rings is 2. The molecule has 0 spiro atoms. The molecule has 1 fully saturated rings. The Morgan fingerprint density at radius 2 is 1.61 bits per heavy atom. The molecule has 0 bridgehead atoms. The van der Waals surface area contributed by atoms with Crippen LogP contribution in [-0.2, 0) is 16.0 Å². The smallest absolute Gasteiger partial charge is 0.279 e. The lowest BCUT2D eigenvalue weighted by Crippen LogP contribution is -3.11. The number of anilines is 1. The molecule has 2 amide bonds. The summed E-state index contributed by atoms with van der Waals surface area (Å²) in [4.78, 5) is 28.1. The highest BCUT2D eigenvalue weighted by molar-refractivity contribution is 5.93. The lowest BCUT2D eigenvalue weighted by atomic mass is 9.90. The SMILES string of the molecule is Cc1cc(C)c(NC(=O)C[NH+](C)CC(=O)N2CCC(Cc3ccccc3)CC2)c(C)c1. The molecule has 0 aromatic heterocycles. The summed E-state index contributed by atoms with van der Waals surface area (Å²) in [7, 11) is 1.91. The van der Waals surface area contributed by atoms with Gasteiger partial charge in [0.25, 0.3) is 11.8 Å². The summed E-state index contributed by atoms with van der Waals surface area (Å²) >= 11 is 0. The van der Waals surface area contributed by atoms with Gasteiger partial charge in [-0.3, -0.25) is 9.59 Å². The number of rotatable bonds is 7. The summed E-state index contributed by atoms with van der Waals surface area (Å²) < 4.78 is 0. The third-order valence-electron chi connectivity index (χ3n) is 6.19. The Morgan fingerprint density at radius 3 is 2.23 bits per heavy atom. The molecule has 2 N–H and O–H groups in total. The van der Waals surface area contributed by atoms with Crippen molar-refractivity contribution in [1.29, 1.82) is 0 Å². The summed E-state index contributed by atoms with van der Waals surface area (Å²) in [5, 5.41) is 3.03. The first-order valence-electron chi connectivity index (χ1n) is 11.3. The standard InChI is InChI=1S/C26H35N3O2/c1-19-14-20(2)26(21(3)15-19)27-24(30)17-28(4)18-25(31)29-12-10-23(11-13-29)16-22-8-6-5-7-9-22/h5-9,14-15,23H,10-13,16-18H2,1-4H3,(H,27,30)/p+1. The molecule has 1 unspecified atom stereocenters. The number of nitrogens with zero attached hydrogens (tertiary/aromatic N) is 1. The summed E-state index contributed by atoms with van der Waals surface area (Å²) in [6.07, 6.45) is 3.18. The van der Waals surface area contributed by atoms with Crippen molar-refractivity contribution in [1.82, 2.24) is 4.90 Å². The Labute approximate surface area is 186 Å². The van der Waals surface area contributed by atoms with E-state index < -0.39 is 0 Å². The molecular formula is C26H36N3O2+. The van der Waals surface area contributed by atoms with Crippen molar-refractivity contribution in [3.05, 3.63) is 64.7 Å². The van der Waals surface area contributed by atoms with Gasteiger partial charge in [-0.1, -0.05) is 48.0 Å². The molecule has 1 saturated heterocycles. The zero-order valence-electron chi connectivity index (χ0n) is 19.3. The number of carbonyl (C=O) groups excluding carboxylic acids is 2. The van der Waals surface area contributed by atoms with E-state index in [4.69, 9.17) is 0 Å². The van der Waals surface area contributed by atoms with E-state index >= 15 is 0 Å². The summed E-state index contributed by atoms with van der Waals surface area (Å²) in [5.74, 6) is 0.733. The van der Waals surface area contributed by atoms with Crippen LogP contribution in [0.1, 0.15) is 35.1 Å². The maximum Gasteiger partial charge on any atom is 0.279 e. The Balaban J connectivity index is 1.43. The first-order valence-corrected chi connectivity index (χ1v) is 11.3. The van der Waals surface area contributed by atoms with E-state index in [2.05, 4.69) is 48.6 Å². The van der Waals surface area contributed by atoms with Crippen molar-refractivity contribution in [2.24, 2.45) is 5.92 Å². The van der Waals surface area contributed by atoms with Crippen molar-refractivity contribution in [3.63, 3.8) is 0 Å². The largest absolute Gasteiger partial charge is 0.338 e. The van der Waals surface area contributed by atoms with E-state index in [1.807, 2.05) is 31.9 Å². The Kier molecular flexibility index (Phi) is 7.85. The van der Waals surface area contributed by atoms with Crippen LogP contribution in [0.25, 0.3) is 0 Å². The van der Waals surface area contributed by atoms with Crippen molar-refractivity contribution >= 4 is 17.5 Å². The van der Waals surface area contributed by atoms with Crippen molar-refractivity contribution in [2.45, 2.75) is 40.0 Å². The normalized spacial score (nSPS) is 15.5. The minimum Gasteiger partial charge on any atom is -0.338 e. The van der Waals surface area contributed by atoms with E-state index in [0.29, 0.717) is 12.5 Å². The fourth-order valence-corrected chi connectivity index (χ4v) is 4.60. The third kappa shape index (κ3) is 6.66. The second kappa shape index (κ2) is 10.6. The second-order valence-corrected chi connectivity index (χ2v) is 9.15. The van der Waals surface area contributed by atoms with Crippen LogP contribution >= 0.6 is 0 Å². The van der Waals surface area contributed by atoms with E-state index in [1.54, 1.807) is 0 Å². The maximum atomic E-state index is 12.7. The molecule has 2 aromatic carbocycles. The highest BCUT2D eigenvalue weighted by Gasteiger charge is 2.25. The fraction of sp³-hybridized carbons (Fsp3) is 0.462. The fourth-order valence-electron chi connectivity index (χ4n) is 4.60. The van der Waals surface area contributed by atoms with Crippen LogP contribution in [0.2, 0.25) is 0 Å². The van der Waals surface area contributed by atoms with Gasteiger partial charge in [-0.2, -0.15) is 0 Å². The van der Waals surface area contributed by atoms with E-state index in [0.717, 1.165) is 54.1 Å². The molecule has 0 saturated carbocycles. The second-order valence-electron chi connectivity index (χ2n) is 9.15. The molecule has 0 aliphatic carbocycles. The van der Waals surface area contributed by atoms with Crippen molar-refractivity contribution < 1.29 is 14.5 Å². The lowest BCUT2D eigenvalue weighted by molar-refractivity contribution is -0.862. The topological polar surface area (TPSA) is 53.9 Å². The van der Waals surface area contributed by atoms with Crippen LogP contribution in [0.3, 0.4) is 0 Å². The molecule has 0 radical (unpaired) electrons. The lowest BCUT2D eigenvalue weighted by Gasteiger charge is -2.32. The number of aryl methyl sites for hydroxylation is 3. The molecule has 1 aliphatic rings. The van der Waals surface area contributed by atoms with E-state index in [1.165, 1.54) is 11.1 Å². The predicted molar refractivity (Wildman–Crippen MR) is 125 cm³/mol. The molecule has 166 valence electrons. The summed E-state index contributed by atoms with van der Waals surface area (Å²) in [6, 6.07) is 14.7. The van der Waals surface area contributed by atoms with Gasteiger partial charge >= 0.3 is 0 Å². The minimum absolute atomic E-state index is 0.0538. The number of quaternary nitrogens is 1. The van der Waals surface area contributed by atoms with Crippen LogP contribution in [0.4, 0.5) is 5.69 Å². The van der Waals surface area contributed by atoms with Gasteiger partial charge in [0.2, 0.25) is 0 Å². The monoisotopic (exact) mass is 422 g/mol. The number of likely N-dealkylation sites (N-methyl/N-ethyl adjacent to an activating group) is 1. The Bertz CT molecular complexity index is 879. The van der Waals surface area contributed by atoms with E-state index in [-0.39, 0.29) is 18.4 Å². The quantitative estimate of drug-likeness (QED) is 0.721. The van der Waals surface area contributed by atoms with Crippen molar-refractivity contribution in [2.75, 3.05) is 38.5 Å². The number of amides is 2. The molecule has 5 nitrogen and oxygen atoms in total. The van der Waals surface area contributed by atoms with Crippen LogP contribution in [-0.4, -0.2) is 49.9 Å². The van der Waals surface area contributed by atoms with E-state index in [9.17, 15) is 9.59 Å². The molecule has 1 aliphatic heterocycles. The van der Waals surface area contributed by atoms with Gasteiger partial charge in [-0.05, 0) is 62.6 Å². The maximum absolute atomic E-state index is 12.7. The molecular weight excluding hydrogens is 386 g/mol. The number of carbonyl (C=O) groups is 2. The highest BCUT2D eigenvalue weighted by Crippen LogP contribution is 2.22. The first kappa shape index (κ1) is 23.0. The average Bonchev–Trinajstić information content (AvgIpc) is 2.72. The zero-order valence-corrected chi connectivity index (χ0v) is 19.3. The van der Waals surface area contributed by atoms with Gasteiger partial charge in [0, 0.05) is 18.8 Å². The first-order chi connectivity index (χ1) is 14.8. The molecule has 5 heteroatoms. The zero-order chi connectivity index (χ0) is 22.4. The van der Waals surface area contributed by atoms with Gasteiger partial charge in [0.15, 0.2) is 13.1 Å². The van der Waals surface area contributed by atoms with Gasteiger partial charge in [0.1, 0.15) is 0 Å². The van der Waals surface area contributed by atoms with Gasteiger partial charge < -0.3 is 15.1 Å². The average molecular weight is 423 g/mol. The summed E-state index contributed by atoms with van der Waals surface area (Å²) in [6.45, 7) is 8.34. The minimum atomic E-state index is -0.0538. The van der Waals surface area contributed by atoms with Crippen molar-refractivity contribution in [3.8, 4) is 0 Å². The highest BCUT2D eigenvalue weighted by atomic mass is 16.2. The van der Waals surface area contributed by atoms with Crippen LogP contribution < -0.4 is 10.2 Å². The molecule has 1 heterocycles. The van der Waals surface area contributed by atoms with Gasteiger partial charge in [-0.15, -0.1) is 0 Å². The number of hydrogen-bond donors (Lipinski definition) is 2. The Hall–Kier alpha value is -2.66. The third-order valence-corrected chi connectivity index (χ3v) is 6.19. The Morgan fingerprint density at radius 1 is 1.00 bits per heavy atom. The number of likely N-dealkylation sites (tertiary alicyclic amines) is 1. The number of hydrogen-bond acceptors (Lipinski definition) is 2. The van der Waals surface area contributed by atoms with Crippen LogP contribution in [0, 0.1) is 26.7 Å². The molecule has 1 atom stereocenters. The predicted octanol–water partition coefficient (Wildman–Crippen LogP) is 2.55. The van der Waals surface area contributed by atoms with Gasteiger partial charge in [-0.25, -0.2) is 0 Å². The van der Waals surface area contributed by atoms with Crippen LogP contribution in [0.5, 0.6) is 0 Å². The number of nitrogens with one attached hydrogen (secondary N) is 2. The molecule has 3 rings (SSSR count). The van der Waals surface area contributed by atoms with Crippen LogP contribution in [0.15, 0.2) is 42.5 Å². The molecule has 31 heavy (non-hydrogen) atoms. The summed E-state index contributed by atoms with van der Waals surface area (Å²) in [5.41, 5.74) is 5.58. The number of piperidine rings is 1. The van der Waals surface area contributed by atoms with Gasteiger partial charge in [0.05, 0.1) is 7.05 Å².